The van der Waals surface area contributed by atoms with Crippen molar-refractivity contribution in [3.8, 4) is 11.5 Å². The van der Waals surface area contributed by atoms with Crippen LogP contribution in [0.3, 0.4) is 0 Å². The van der Waals surface area contributed by atoms with Crippen LogP contribution in [0.25, 0.3) is 17.1 Å². The molecule has 3 aromatic heterocycles. The molecule has 0 fully saturated rings. The molecule has 0 saturated heterocycles. The number of carbonyl (C=O) groups is 1. The highest BCUT2D eigenvalue weighted by atomic mass is 35.5. The zero-order chi connectivity index (χ0) is 18.8. The third kappa shape index (κ3) is 3.80. The monoisotopic (exact) mass is 382 g/mol. The largest absolute Gasteiger partial charge is 0.352 e. The highest BCUT2D eigenvalue weighted by molar-refractivity contribution is 6.30. The van der Waals surface area contributed by atoms with Gasteiger partial charge in [-0.15, -0.1) is 10.2 Å². The van der Waals surface area contributed by atoms with Crippen LogP contribution >= 0.6 is 11.6 Å². The Morgan fingerprint density at radius 2 is 2.15 bits per heavy atom. The van der Waals surface area contributed by atoms with E-state index in [0.717, 1.165) is 11.1 Å². The normalized spacial score (nSPS) is 11.0. The number of benzene rings is 1. The van der Waals surface area contributed by atoms with Crippen LogP contribution in [0.2, 0.25) is 5.02 Å². The fraction of sp³-hybridized carbons (Fsp3) is 0.167. The van der Waals surface area contributed by atoms with E-state index in [1.54, 1.807) is 29.7 Å². The molecule has 4 rings (SSSR count). The highest BCUT2D eigenvalue weighted by Crippen LogP contribution is 2.18. The molecule has 27 heavy (non-hydrogen) atoms. The first kappa shape index (κ1) is 17.2. The average Bonchev–Trinajstić information content (AvgIpc) is 3.26. The molecule has 0 aliphatic carbocycles. The summed E-state index contributed by atoms with van der Waals surface area (Å²) in [5.74, 6) is 1.31. The number of amides is 1. The van der Waals surface area contributed by atoms with E-state index in [-0.39, 0.29) is 12.3 Å². The number of fused-ring (bicyclic) bond motifs is 1. The lowest BCUT2D eigenvalue weighted by Gasteiger charge is -2.05. The molecule has 0 bridgehead atoms. The summed E-state index contributed by atoms with van der Waals surface area (Å²) < 4.78 is 6.93. The maximum atomic E-state index is 12.3. The highest BCUT2D eigenvalue weighted by Gasteiger charge is 2.13. The fourth-order valence-corrected chi connectivity index (χ4v) is 2.87. The average molecular weight is 383 g/mol. The molecule has 0 unspecified atom stereocenters. The molecular weight excluding hydrogens is 368 g/mol. The van der Waals surface area contributed by atoms with Gasteiger partial charge in [0.1, 0.15) is 5.82 Å². The Kier molecular flexibility index (Phi) is 4.55. The van der Waals surface area contributed by atoms with Crippen molar-refractivity contribution in [2.75, 3.05) is 0 Å². The van der Waals surface area contributed by atoms with E-state index >= 15 is 0 Å². The van der Waals surface area contributed by atoms with Crippen LogP contribution in [0, 0.1) is 6.92 Å². The summed E-state index contributed by atoms with van der Waals surface area (Å²) in [7, 11) is 0. The van der Waals surface area contributed by atoms with Crippen molar-refractivity contribution in [1.82, 2.24) is 30.1 Å². The Labute approximate surface area is 159 Å². The molecule has 0 atom stereocenters. The molecule has 9 heteroatoms. The van der Waals surface area contributed by atoms with Gasteiger partial charge in [-0.3, -0.25) is 9.20 Å². The van der Waals surface area contributed by atoms with Crippen molar-refractivity contribution in [3.63, 3.8) is 0 Å². The van der Waals surface area contributed by atoms with E-state index < -0.39 is 0 Å². The number of carbonyl (C=O) groups excluding carboxylic acids is 1. The van der Waals surface area contributed by atoms with Gasteiger partial charge in [-0.2, -0.15) is 4.98 Å². The van der Waals surface area contributed by atoms with Crippen molar-refractivity contribution in [3.05, 3.63) is 64.8 Å². The van der Waals surface area contributed by atoms with Gasteiger partial charge >= 0.3 is 0 Å². The molecule has 0 spiro atoms. The zero-order valence-corrected chi connectivity index (χ0v) is 15.1. The third-order valence-electron chi connectivity index (χ3n) is 3.94. The predicted molar refractivity (Wildman–Crippen MR) is 98.0 cm³/mol. The van der Waals surface area contributed by atoms with Gasteiger partial charge in [0.05, 0.1) is 12.0 Å². The second kappa shape index (κ2) is 7.16. The maximum Gasteiger partial charge on any atom is 0.259 e. The summed E-state index contributed by atoms with van der Waals surface area (Å²) in [6.07, 6.45) is 1.87. The number of hydrogen-bond acceptors (Lipinski definition) is 6. The van der Waals surface area contributed by atoms with Gasteiger partial charge in [0.2, 0.25) is 5.91 Å². The van der Waals surface area contributed by atoms with Crippen molar-refractivity contribution >= 4 is 23.2 Å². The summed E-state index contributed by atoms with van der Waals surface area (Å²) in [4.78, 5) is 16.5. The smallest absolute Gasteiger partial charge is 0.259 e. The summed E-state index contributed by atoms with van der Waals surface area (Å²) in [6, 6.07) is 11.0. The second-order valence-electron chi connectivity index (χ2n) is 5.99. The Hall–Kier alpha value is -3.26. The molecule has 8 nitrogen and oxygen atoms in total. The number of hydrogen-bond donors (Lipinski definition) is 1. The van der Waals surface area contributed by atoms with Crippen molar-refractivity contribution < 1.29 is 9.32 Å². The summed E-state index contributed by atoms with van der Waals surface area (Å²) in [6.45, 7) is 2.14. The minimum atomic E-state index is -0.164. The molecule has 0 aliphatic rings. The van der Waals surface area contributed by atoms with Gasteiger partial charge in [0.15, 0.2) is 11.5 Å². The molecule has 3 heterocycles. The van der Waals surface area contributed by atoms with Crippen LogP contribution in [0.5, 0.6) is 0 Å². The van der Waals surface area contributed by atoms with Gasteiger partial charge in [-0.05, 0) is 36.8 Å². The number of pyridine rings is 1. The molecule has 136 valence electrons. The number of rotatable bonds is 5. The first-order chi connectivity index (χ1) is 13.1. The minimum absolute atomic E-state index is 0.0913. The predicted octanol–water partition coefficient (Wildman–Crippen LogP) is 2.60. The first-order valence-electron chi connectivity index (χ1n) is 8.24. The van der Waals surface area contributed by atoms with Crippen LogP contribution in [0.15, 0.2) is 47.1 Å². The SMILES string of the molecule is Cc1noc(-c2ccc3nnc(CC(=O)NCc4cccc(Cl)c4)n3c2)n1. The van der Waals surface area contributed by atoms with Crippen LogP contribution in [-0.2, 0) is 17.8 Å². The zero-order valence-electron chi connectivity index (χ0n) is 14.4. The Morgan fingerprint density at radius 1 is 1.26 bits per heavy atom. The fourth-order valence-electron chi connectivity index (χ4n) is 2.65. The van der Waals surface area contributed by atoms with Gasteiger partial charge < -0.3 is 9.84 Å². The number of nitrogens with zero attached hydrogens (tertiary/aromatic N) is 5. The molecule has 1 aromatic carbocycles. The molecule has 0 saturated carbocycles. The quantitative estimate of drug-likeness (QED) is 0.569. The van der Waals surface area contributed by atoms with Crippen molar-refractivity contribution in [2.24, 2.45) is 0 Å². The lowest BCUT2D eigenvalue weighted by Crippen LogP contribution is -2.25. The first-order valence-corrected chi connectivity index (χ1v) is 8.62. The van der Waals surface area contributed by atoms with Crippen LogP contribution < -0.4 is 5.32 Å². The van der Waals surface area contributed by atoms with E-state index in [4.69, 9.17) is 16.1 Å². The van der Waals surface area contributed by atoms with Crippen LogP contribution in [0.4, 0.5) is 0 Å². The van der Waals surface area contributed by atoms with Gasteiger partial charge in [-0.1, -0.05) is 28.9 Å². The van der Waals surface area contributed by atoms with Gasteiger partial charge in [0.25, 0.3) is 5.89 Å². The Balaban J connectivity index is 1.50. The minimum Gasteiger partial charge on any atom is -0.352 e. The molecule has 1 amide bonds. The van der Waals surface area contributed by atoms with Crippen molar-refractivity contribution in [2.45, 2.75) is 19.9 Å². The van der Waals surface area contributed by atoms with E-state index in [0.29, 0.717) is 34.8 Å². The number of aromatic nitrogens is 5. The molecule has 0 radical (unpaired) electrons. The molecule has 1 N–H and O–H groups in total. The molecular formula is C18H15ClN6O2. The van der Waals surface area contributed by atoms with Gasteiger partial charge in [-0.25, -0.2) is 0 Å². The summed E-state index contributed by atoms with van der Waals surface area (Å²) >= 11 is 5.96. The van der Waals surface area contributed by atoms with Crippen molar-refractivity contribution in [1.29, 1.82) is 0 Å². The van der Waals surface area contributed by atoms with E-state index in [2.05, 4.69) is 25.7 Å². The molecule has 0 aliphatic heterocycles. The maximum absolute atomic E-state index is 12.3. The van der Waals surface area contributed by atoms with E-state index in [1.807, 2.05) is 24.3 Å². The number of halogens is 1. The van der Waals surface area contributed by atoms with Crippen LogP contribution in [-0.4, -0.2) is 30.6 Å². The third-order valence-corrected chi connectivity index (χ3v) is 4.18. The summed E-state index contributed by atoms with van der Waals surface area (Å²) in [5.41, 5.74) is 2.28. The Bertz CT molecular complexity index is 1120. The van der Waals surface area contributed by atoms with E-state index in [1.165, 1.54) is 0 Å². The topological polar surface area (TPSA) is 98.2 Å². The number of aryl methyl sites for hydroxylation is 1. The lowest BCUT2D eigenvalue weighted by atomic mass is 10.2. The standard InChI is InChI=1S/C18H15ClN6O2/c1-11-21-18(27-24-11)13-5-6-15-22-23-16(25(15)10-13)8-17(26)20-9-12-3-2-4-14(19)7-12/h2-7,10H,8-9H2,1H3,(H,20,26). The number of nitrogens with one attached hydrogen (secondary N) is 1. The lowest BCUT2D eigenvalue weighted by molar-refractivity contribution is -0.120. The second-order valence-corrected chi connectivity index (χ2v) is 6.43. The van der Waals surface area contributed by atoms with E-state index in [9.17, 15) is 4.79 Å². The molecule has 4 aromatic rings. The van der Waals surface area contributed by atoms with Crippen LogP contribution in [0.1, 0.15) is 17.2 Å². The summed E-state index contributed by atoms with van der Waals surface area (Å²) in [5, 5.41) is 15.5. The van der Waals surface area contributed by atoms with Gasteiger partial charge in [0, 0.05) is 17.8 Å². The Morgan fingerprint density at radius 3 is 2.93 bits per heavy atom.